The van der Waals surface area contributed by atoms with Crippen LogP contribution in [0.15, 0.2) is 29.2 Å². The molecule has 0 bridgehead atoms. The van der Waals surface area contributed by atoms with Gasteiger partial charge in [0.05, 0.1) is 18.6 Å². The van der Waals surface area contributed by atoms with Gasteiger partial charge in [-0.1, -0.05) is 12.1 Å². The van der Waals surface area contributed by atoms with Crippen molar-refractivity contribution in [2.45, 2.75) is 43.2 Å². The maximum absolute atomic E-state index is 11.9. The number of rotatable bonds is 4. The summed E-state index contributed by atoms with van der Waals surface area (Å²) >= 11 is 4.22. The molecule has 1 aromatic carbocycles. The Morgan fingerprint density at radius 1 is 1.50 bits per heavy atom. The lowest BCUT2D eigenvalue weighted by Crippen LogP contribution is -2.41. The van der Waals surface area contributed by atoms with Crippen molar-refractivity contribution in [2.75, 3.05) is 6.61 Å². The first-order chi connectivity index (χ1) is 8.65. The highest BCUT2D eigenvalue weighted by Gasteiger charge is 2.23. The van der Waals surface area contributed by atoms with Crippen LogP contribution in [-0.2, 0) is 16.0 Å². The van der Waals surface area contributed by atoms with Crippen LogP contribution in [0.25, 0.3) is 0 Å². The molecular weight excluding hydrogens is 246 g/mol. The van der Waals surface area contributed by atoms with Crippen LogP contribution < -0.4 is 5.32 Å². The third kappa shape index (κ3) is 3.75. The molecule has 2 atom stereocenters. The number of carbonyl (C=O) groups is 1. The molecule has 4 heteroatoms. The Morgan fingerprint density at radius 3 is 2.83 bits per heavy atom. The number of amides is 1. The topological polar surface area (TPSA) is 38.3 Å². The van der Waals surface area contributed by atoms with Crippen molar-refractivity contribution >= 4 is 18.5 Å². The van der Waals surface area contributed by atoms with E-state index in [-0.39, 0.29) is 18.1 Å². The molecule has 0 spiro atoms. The first-order valence-electron chi connectivity index (χ1n) is 6.34. The van der Waals surface area contributed by atoms with Crippen molar-refractivity contribution < 1.29 is 9.53 Å². The average Bonchev–Trinajstić information content (AvgIpc) is 2.85. The fourth-order valence-corrected chi connectivity index (χ4v) is 2.34. The molecule has 0 aliphatic carbocycles. The van der Waals surface area contributed by atoms with Crippen LogP contribution in [0.4, 0.5) is 0 Å². The minimum atomic E-state index is 0.0462. The van der Waals surface area contributed by atoms with Gasteiger partial charge in [-0.2, -0.15) is 0 Å². The van der Waals surface area contributed by atoms with Gasteiger partial charge in [0.1, 0.15) is 0 Å². The van der Waals surface area contributed by atoms with Gasteiger partial charge < -0.3 is 10.1 Å². The molecule has 1 amide bonds. The predicted octanol–water partition coefficient (Wildman–Crippen LogP) is 2.20. The summed E-state index contributed by atoms with van der Waals surface area (Å²) in [6.07, 6.45) is 2.71. The first kappa shape index (κ1) is 13.4. The molecule has 0 radical (unpaired) electrons. The summed E-state index contributed by atoms with van der Waals surface area (Å²) in [5.41, 5.74) is 1.00. The van der Waals surface area contributed by atoms with Crippen LogP contribution in [0.5, 0.6) is 0 Å². The van der Waals surface area contributed by atoms with Gasteiger partial charge in [0.2, 0.25) is 5.91 Å². The van der Waals surface area contributed by atoms with Gasteiger partial charge in [-0.25, -0.2) is 0 Å². The Morgan fingerprint density at radius 2 is 2.22 bits per heavy atom. The van der Waals surface area contributed by atoms with Crippen molar-refractivity contribution in [2.24, 2.45) is 0 Å². The number of thiol groups is 1. The zero-order chi connectivity index (χ0) is 13.0. The summed E-state index contributed by atoms with van der Waals surface area (Å²) in [6.45, 7) is 2.82. The van der Waals surface area contributed by atoms with Crippen molar-refractivity contribution in [1.29, 1.82) is 0 Å². The Bertz CT molecular complexity index is 399. The highest BCUT2D eigenvalue weighted by molar-refractivity contribution is 7.80. The molecule has 1 aromatic rings. The smallest absolute Gasteiger partial charge is 0.224 e. The number of ether oxygens (including phenoxy) is 1. The maximum Gasteiger partial charge on any atom is 0.224 e. The normalized spacial score (nSPS) is 20.7. The Hall–Kier alpha value is -1.00. The Balaban J connectivity index is 1.82. The lowest BCUT2D eigenvalue weighted by Gasteiger charge is -2.20. The molecule has 1 saturated heterocycles. The van der Waals surface area contributed by atoms with Crippen LogP contribution in [0.1, 0.15) is 25.3 Å². The third-order valence-electron chi connectivity index (χ3n) is 3.21. The van der Waals surface area contributed by atoms with E-state index in [9.17, 15) is 4.79 Å². The summed E-state index contributed by atoms with van der Waals surface area (Å²) in [5.74, 6) is 0.0462. The quantitative estimate of drug-likeness (QED) is 0.819. The number of carbonyl (C=O) groups excluding carboxylic acids is 1. The first-order valence-corrected chi connectivity index (χ1v) is 6.79. The molecule has 2 rings (SSSR count). The van der Waals surface area contributed by atoms with Crippen molar-refractivity contribution in [1.82, 2.24) is 5.32 Å². The molecule has 98 valence electrons. The van der Waals surface area contributed by atoms with Crippen LogP contribution in [0.3, 0.4) is 0 Å². The number of hydrogen-bond donors (Lipinski definition) is 2. The van der Waals surface area contributed by atoms with Gasteiger partial charge >= 0.3 is 0 Å². The summed E-state index contributed by atoms with van der Waals surface area (Å²) in [7, 11) is 0. The number of nitrogens with one attached hydrogen (secondary N) is 1. The van der Waals surface area contributed by atoms with E-state index in [1.54, 1.807) is 0 Å². The van der Waals surface area contributed by atoms with E-state index in [1.807, 2.05) is 31.2 Å². The second-order valence-electron chi connectivity index (χ2n) is 4.75. The van der Waals surface area contributed by atoms with E-state index in [2.05, 4.69) is 17.9 Å². The minimum absolute atomic E-state index is 0.0462. The van der Waals surface area contributed by atoms with Gasteiger partial charge in [-0.05, 0) is 37.5 Å². The molecular formula is C14H19NO2S. The Labute approximate surface area is 113 Å². The lowest BCUT2D eigenvalue weighted by molar-refractivity contribution is -0.121. The molecule has 1 N–H and O–H groups in total. The monoisotopic (exact) mass is 265 g/mol. The molecule has 0 aromatic heterocycles. The molecule has 18 heavy (non-hydrogen) atoms. The van der Waals surface area contributed by atoms with Crippen LogP contribution in [0.2, 0.25) is 0 Å². The van der Waals surface area contributed by atoms with Crippen molar-refractivity contribution in [3.63, 3.8) is 0 Å². The van der Waals surface area contributed by atoms with E-state index in [0.717, 1.165) is 29.9 Å². The van der Waals surface area contributed by atoms with E-state index in [1.165, 1.54) is 0 Å². The highest BCUT2D eigenvalue weighted by Crippen LogP contribution is 2.15. The van der Waals surface area contributed by atoms with Crippen LogP contribution in [-0.4, -0.2) is 24.7 Å². The third-order valence-corrected chi connectivity index (χ3v) is 3.51. The van der Waals surface area contributed by atoms with Gasteiger partial charge in [0.15, 0.2) is 0 Å². The molecule has 3 nitrogen and oxygen atoms in total. The fourth-order valence-electron chi connectivity index (χ4n) is 2.19. The van der Waals surface area contributed by atoms with Gasteiger partial charge in [-0.3, -0.25) is 4.79 Å². The largest absolute Gasteiger partial charge is 0.376 e. The summed E-state index contributed by atoms with van der Waals surface area (Å²) in [4.78, 5) is 12.8. The summed E-state index contributed by atoms with van der Waals surface area (Å²) in [6, 6.07) is 7.74. The van der Waals surface area contributed by atoms with Gasteiger partial charge in [0, 0.05) is 11.5 Å². The van der Waals surface area contributed by atoms with Crippen LogP contribution in [0, 0.1) is 0 Å². The summed E-state index contributed by atoms with van der Waals surface area (Å²) < 4.78 is 5.56. The molecule has 1 heterocycles. The van der Waals surface area contributed by atoms with E-state index >= 15 is 0 Å². The standard InChI is InChI=1S/C14H19NO2S/c1-10(13-3-2-8-17-13)15-14(16)9-11-4-6-12(18)7-5-11/h4-7,10,13,18H,2-3,8-9H2,1H3,(H,15,16). The highest BCUT2D eigenvalue weighted by atomic mass is 32.1. The molecule has 0 saturated carbocycles. The second kappa shape index (κ2) is 6.25. The predicted molar refractivity (Wildman–Crippen MR) is 74.0 cm³/mol. The van der Waals surface area contributed by atoms with Crippen LogP contribution >= 0.6 is 12.6 Å². The number of hydrogen-bond acceptors (Lipinski definition) is 3. The molecule has 1 aliphatic rings. The van der Waals surface area contributed by atoms with Gasteiger partial charge in [0.25, 0.3) is 0 Å². The summed E-state index contributed by atoms with van der Waals surface area (Å²) in [5, 5.41) is 3.00. The fraction of sp³-hybridized carbons (Fsp3) is 0.500. The minimum Gasteiger partial charge on any atom is -0.376 e. The maximum atomic E-state index is 11.9. The zero-order valence-corrected chi connectivity index (χ0v) is 11.5. The second-order valence-corrected chi connectivity index (χ2v) is 5.27. The lowest BCUT2D eigenvalue weighted by atomic mass is 10.1. The Kier molecular flexibility index (Phi) is 4.66. The average molecular weight is 265 g/mol. The van der Waals surface area contributed by atoms with Crippen molar-refractivity contribution in [3.05, 3.63) is 29.8 Å². The van der Waals surface area contributed by atoms with Crippen molar-refractivity contribution in [3.8, 4) is 0 Å². The number of benzene rings is 1. The molecule has 1 fully saturated rings. The molecule has 2 unspecified atom stereocenters. The molecule has 1 aliphatic heterocycles. The van der Waals surface area contributed by atoms with E-state index in [0.29, 0.717) is 6.42 Å². The van der Waals surface area contributed by atoms with Gasteiger partial charge in [-0.15, -0.1) is 12.6 Å². The SMILES string of the molecule is CC(NC(=O)Cc1ccc(S)cc1)C1CCCO1. The zero-order valence-electron chi connectivity index (χ0n) is 10.6. The van der Waals surface area contributed by atoms with E-state index < -0.39 is 0 Å². The van der Waals surface area contributed by atoms with E-state index in [4.69, 9.17) is 4.74 Å².